The van der Waals surface area contributed by atoms with Gasteiger partial charge in [0.15, 0.2) is 6.10 Å². The molecule has 0 radical (unpaired) electrons. The van der Waals surface area contributed by atoms with Crippen LogP contribution < -0.4 is 0 Å². The van der Waals surface area contributed by atoms with Crippen LogP contribution in [0.1, 0.15) is 213 Å². The number of rotatable bonds is 50. The van der Waals surface area contributed by atoms with Gasteiger partial charge in [0.2, 0.25) is 0 Å². The Kier molecular flexibility index (Phi) is 50.6. The molecule has 0 aliphatic rings. The Morgan fingerprint density at radius 1 is 0.417 bits per heavy atom. The first-order valence-electron chi connectivity index (χ1n) is 27.8. The topological polar surface area (TPSA) is 155 Å². The summed E-state index contributed by atoms with van der Waals surface area (Å²) in [6.07, 6.45) is 63.6. The third-order valence-corrected chi connectivity index (χ3v) is 12.1. The Morgan fingerprint density at radius 2 is 0.792 bits per heavy atom. The highest BCUT2D eigenvalue weighted by molar-refractivity contribution is 7.47. The van der Waals surface area contributed by atoms with E-state index in [0.29, 0.717) is 19.3 Å². The second-order valence-corrected chi connectivity index (χ2v) is 19.5. The van der Waals surface area contributed by atoms with E-state index in [2.05, 4.69) is 112 Å². The van der Waals surface area contributed by atoms with Crippen LogP contribution in [0.2, 0.25) is 0 Å². The molecule has 0 aromatic rings. The minimum absolute atomic E-state index is 0.0129. The van der Waals surface area contributed by atoms with Gasteiger partial charge >= 0.3 is 25.7 Å². The summed E-state index contributed by atoms with van der Waals surface area (Å²) in [5.41, 5.74) is 0. The molecule has 0 saturated carbocycles. The van der Waals surface area contributed by atoms with E-state index >= 15 is 0 Å². The number of unbranched alkanes of at least 4 members (excludes halogenated alkanes) is 16. The average Bonchev–Trinajstić information content (AvgIpc) is 3.37. The van der Waals surface area contributed by atoms with Gasteiger partial charge in [-0.2, -0.15) is 0 Å². The first kappa shape index (κ1) is 68.1. The summed E-state index contributed by atoms with van der Waals surface area (Å²) in [7, 11) is -4.78. The van der Waals surface area contributed by atoms with Crippen LogP contribution in [-0.4, -0.2) is 66.5 Å². The van der Waals surface area contributed by atoms with Crippen molar-refractivity contribution in [1.82, 2.24) is 0 Å². The Balaban J connectivity index is 4.88. The maximum Gasteiger partial charge on any atom is 0.472 e. The zero-order valence-electron chi connectivity index (χ0n) is 45.1. The number of carbonyl (C=O) groups is 3. The minimum Gasteiger partial charge on any atom is -0.461 e. The largest absolute Gasteiger partial charge is 0.472 e. The molecule has 0 aliphatic heterocycles. The lowest BCUT2D eigenvalue weighted by molar-refractivity contribution is -0.161. The zero-order valence-corrected chi connectivity index (χ0v) is 46.0. The SMILES string of the molecule is CC/C=C\C/C=C\C/C=C\C/C=C\C/C=C\CC(=O)OCC(COP(=O)(O)OCC(CO)OC(=O)CCCCCCC/C=C\C/C=C\CCC)OC(=O)CCCCCCCCC/C=C\C/C=C\CCCCC. The van der Waals surface area contributed by atoms with Crippen LogP contribution in [0.4, 0.5) is 0 Å². The molecule has 2 N–H and O–H groups in total. The summed E-state index contributed by atoms with van der Waals surface area (Å²) < 4.78 is 39.3. The van der Waals surface area contributed by atoms with E-state index < -0.39 is 64.4 Å². The van der Waals surface area contributed by atoms with Gasteiger partial charge in [0.25, 0.3) is 0 Å². The van der Waals surface area contributed by atoms with Gasteiger partial charge in [-0.3, -0.25) is 23.4 Å². The monoisotopic (exact) mass is 1030 g/mol. The van der Waals surface area contributed by atoms with Crippen LogP contribution in [0.3, 0.4) is 0 Å². The first-order chi connectivity index (χ1) is 35.2. The highest BCUT2D eigenvalue weighted by atomic mass is 31.2. The summed E-state index contributed by atoms with van der Waals surface area (Å²) in [4.78, 5) is 48.4. The van der Waals surface area contributed by atoms with Gasteiger partial charge in [0.05, 0.1) is 26.2 Å². The number of aliphatic hydroxyl groups is 1. The van der Waals surface area contributed by atoms with Gasteiger partial charge in [-0.15, -0.1) is 0 Å². The van der Waals surface area contributed by atoms with Crippen molar-refractivity contribution in [2.24, 2.45) is 0 Å². The Morgan fingerprint density at radius 3 is 1.24 bits per heavy atom. The average molecular weight is 1030 g/mol. The van der Waals surface area contributed by atoms with E-state index in [4.69, 9.17) is 23.3 Å². The molecule has 0 saturated heterocycles. The molecule has 0 rings (SSSR count). The molecule has 0 fully saturated rings. The van der Waals surface area contributed by atoms with E-state index in [9.17, 15) is 28.9 Å². The molecule has 0 aromatic heterocycles. The standard InChI is InChI=1S/C60H99O11P/c1-4-7-10-13-16-19-22-25-27-28-30-33-36-39-42-45-48-51-60(64)71-57(53-67-58(62)49-46-43-40-37-34-32-29-26-23-20-17-14-11-8-5-2)55-69-72(65,66)68-54-56(52-61)70-59(63)50-47-44-41-38-35-31-24-21-18-15-12-9-6-3/h8,11-12,15-17,19-21,24-27,29,34,37,43,46,56-57,61H,4-7,9-10,13-14,18,22-23,28,30-33,35-36,38-42,44-45,47-55H2,1-3H3,(H,65,66)/b11-8-,15-12-,19-16-,20-17-,24-21-,27-25-,29-26-,37-34-,46-43-. The highest BCUT2D eigenvalue weighted by Crippen LogP contribution is 2.43. The summed E-state index contributed by atoms with van der Waals surface area (Å²) in [6.45, 7) is 4.29. The fraction of sp³-hybridized carbons (Fsp3) is 0.650. The van der Waals surface area contributed by atoms with Crippen molar-refractivity contribution in [3.8, 4) is 0 Å². The Labute approximate surface area is 437 Å². The molecule has 0 heterocycles. The molecule has 3 atom stereocenters. The number of aliphatic hydroxyl groups excluding tert-OH is 1. The maximum absolute atomic E-state index is 12.9. The number of esters is 3. The van der Waals surface area contributed by atoms with E-state index in [1.54, 1.807) is 6.08 Å². The van der Waals surface area contributed by atoms with Crippen molar-refractivity contribution >= 4 is 25.7 Å². The second-order valence-electron chi connectivity index (χ2n) is 18.0. The van der Waals surface area contributed by atoms with Crippen molar-refractivity contribution in [2.45, 2.75) is 226 Å². The minimum atomic E-state index is -4.78. The predicted molar refractivity (Wildman–Crippen MR) is 297 cm³/mol. The molecular formula is C60H99O11P. The molecule has 0 bridgehead atoms. The number of carbonyl (C=O) groups excluding carboxylic acids is 3. The van der Waals surface area contributed by atoms with Crippen molar-refractivity contribution < 1.29 is 52.2 Å². The van der Waals surface area contributed by atoms with E-state index in [1.165, 1.54) is 32.1 Å². The fourth-order valence-electron chi connectivity index (χ4n) is 6.97. The predicted octanol–water partition coefficient (Wildman–Crippen LogP) is 16.2. The summed E-state index contributed by atoms with van der Waals surface area (Å²) in [6, 6.07) is 0. The number of ether oxygens (including phenoxy) is 3. The highest BCUT2D eigenvalue weighted by Gasteiger charge is 2.28. The lowest BCUT2D eigenvalue weighted by Gasteiger charge is -2.21. The van der Waals surface area contributed by atoms with Gasteiger partial charge in [-0.1, -0.05) is 201 Å². The zero-order chi connectivity index (χ0) is 52.7. The van der Waals surface area contributed by atoms with Gasteiger partial charge in [0, 0.05) is 12.8 Å². The number of hydrogen-bond donors (Lipinski definition) is 2. The number of phosphoric acid groups is 1. The normalized spacial score (nSPS) is 14.2. The molecule has 0 aliphatic carbocycles. The van der Waals surface area contributed by atoms with Gasteiger partial charge in [0.1, 0.15) is 12.7 Å². The molecular weight excluding hydrogens is 928 g/mol. The third-order valence-electron chi connectivity index (χ3n) is 11.2. The quantitative estimate of drug-likeness (QED) is 0.0197. The van der Waals surface area contributed by atoms with Crippen LogP contribution >= 0.6 is 7.82 Å². The summed E-state index contributed by atoms with van der Waals surface area (Å²) in [5.74, 6) is -1.65. The molecule has 12 heteroatoms. The second kappa shape index (κ2) is 53.4. The molecule has 410 valence electrons. The van der Waals surface area contributed by atoms with E-state index in [-0.39, 0.29) is 19.3 Å². The van der Waals surface area contributed by atoms with Crippen molar-refractivity contribution in [2.75, 3.05) is 26.4 Å². The molecule has 72 heavy (non-hydrogen) atoms. The number of allylic oxidation sites excluding steroid dienone is 17. The van der Waals surface area contributed by atoms with E-state index in [1.807, 2.05) is 12.2 Å². The lowest BCUT2D eigenvalue weighted by Crippen LogP contribution is -2.30. The first-order valence-corrected chi connectivity index (χ1v) is 29.3. The molecule has 0 amide bonds. The van der Waals surface area contributed by atoms with Crippen molar-refractivity contribution in [3.63, 3.8) is 0 Å². The van der Waals surface area contributed by atoms with Crippen LogP contribution in [-0.2, 0) is 42.2 Å². The summed E-state index contributed by atoms with van der Waals surface area (Å²) in [5, 5.41) is 9.79. The maximum atomic E-state index is 12.9. The van der Waals surface area contributed by atoms with Crippen LogP contribution in [0.5, 0.6) is 0 Å². The fourth-order valence-corrected chi connectivity index (χ4v) is 7.75. The van der Waals surface area contributed by atoms with Crippen molar-refractivity contribution in [1.29, 1.82) is 0 Å². The molecule has 0 spiro atoms. The number of phosphoric ester groups is 1. The van der Waals surface area contributed by atoms with Crippen LogP contribution in [0, 0.1) is 0 Å². The van der Waals surface area contributed by atoms with Crippen LogP contribution in [0.15, 0.2) is 109 Å². The summed E-state index contributed by atoms with van der Waals surface area (Å²) >= 11 is 0. The Bertz CT molecular complexity index is 1620. The number of hydrogen-bond acceptors (Lipinski definition) is 10. The van der Waals surface area contributed by atoms with E-state index in [0.717, 1.165) is 122 Å². The Hall–Kier alpha value is -3.86. The smallest absolute Gasteiger partial charge is 0.461 e. The van der Waals surface area contributed by atoms with Crippen LogP contribution in [0.25, 0.3) is 0 Å². The van der Waals surface area contributed by atoms with Gasteiger partial charge < -0.3 is 24.2 Å². The van der Waals surface area contributed by atoms with Gasteiger partial charge in [-0.25, -0.2) is 4.57 Å². The molecule has 11 nitrogen and oxygen atoms in total. The molecule has 0 aromatic carbocycles. The third kappa shape index (κ3) is 51.1. The lowest BCUT2D eigenvalue weighted by atomic mass is 10.1. The van der Waals surface area contributed by atoms with Crippen molar-refractivity contribution in [3.05, 3.63) is 109 Å². The van der Waals surface area contributed by atoms with Gasteiger partial charge in [-0.05, 0) is 103 Å². The molecule has 3 unspecified atom stereocenters.